The largest absolute Gasteiger partial charge is 0.507 e. The van der Waals surface area contributed by atoms with Gasteiger partial charge in [0, 0.05) is 34.8 Å². The first-order valence-electron chi connectivity index (χ1n) is 8.05. The van der Waals surface area contributed by atoms with E-state index in [-0.39, 0.29) is 22.7 Å². The second-order valence-corrected chi connectivity index (χ2v) is 6.32. The van der Waals surface area contributed by atoms with Gasteiger partial charge >= 0.3 is 0 Å². The van der Waals surface area contributed by atoms with Gasteiger partial charge in [-0.1, -0.05) is 48.0 Å². The molecule has 6 nitrogen and oxygen atoms in total. The van der Waals surface area contributed by atoms with Crippen molar-refractivity contribution in [3.05, 3.63) is 98.6 Å². The van der Waals surface area contributed by atoms with E-state index in [1.165, 1.54) is 30.3 Å². The Labute approximate surface area is 160 Å². The number of aromatic hydroxyl groups is 1. The molecule has 0 aliphatic carbocycles. The molecule has 7 heteroatoms. The van der Waals surface area contributed by atoms with E-state index >= 15 is 0 Å². The number of non-ortho nitro benzene ring substituents is 1. The highest BCUT2D eigenvalue weighted by molar-refractivity contribution is 6.31. The maximum atomic E-state index is 12.6. The van der Waals surface area contributed by atoms with Crippen LogP contribution in [0.5, 0.6) is 5.75 Å². The first-order chi connectivity index (χ1) is 12.9. The van der Waals surface area contributed by atoms with Crippen molar-refractivity contribution in [3.63, 3.8) is 0 Å². The molecule has 0 fully saturated rings. The number of phenolic OH excluding ortho intramolecular Hbond substituents is 1. The molecule has 136 valence electrons. The van der Waals surface area contributed by atoms with E-state index in [4.69, 9.17) is 11.6 Å². The number of phenols is 1. The molecule has 0 heterocycles. The summed E-state index contributed by atoms with van der Waals surface area (Å²) in [7, 11) is 0. The topological polar surface area (TPSA) is 92.5 Å². The number of halogens is 1. The Hall–Kier alpha value is -3.38. The molecule has 0 aliphatic heterocycles. The molecule has 0 saturated carbocycles. The monoisotopic (exact) mass is 382 g/mol. The van der Waals surface area contributed by atoms with Crippen LogP contribution >= 0.6 is 11.6 Å². The fraction of sp³-hybridized carbons (Fsp3) is 0.0500. The third-order valence-corrected chi connectivity index (χ3v) is 4.17. The molecule has 3 aromatic rings. The lowest BCUT2D eigenvalue weighted by Gasteiger charge is -2.12. The minimum absolute atomic E-state index is 0.0000581. The second kappa shape index (κ2) is 7.88. The van der Waals surface area contributed by atoms with Gasteiger partial charge in [0.05, 0.1) is 10.5 Å². The van der Waals surface area contributed by atoms with Crippen molar-refractivity contribution in [1.82, 2.24) is 0 Å². The minimum Gasteiger partial charge on any atom is -0.507 e. The number of carbonyl (C=O) groups is 1. The SMILES string of the molecule is O=C(Nc1cccc([N+](=O)[O-])c1)c1cc(Cl)cc(Cc2ccccc2)c1O. The van der Waals surface area contributed by atoms with Crippen LogP contribution in [0.2, 0.25) is 5.02 Å². The number of hydrogen-bond acceptors (Lipinski definition) is 4. The van der Waals surface area contributed by atoms with Gasteiger partial charge in [-0.3, -0.25) is 14.9 Å². The van der Waals surface area contributed by atoms with Crippen molar-refractivity contribution in [1.29, 1.82) is 0 Å². The van der Waals surface area contributed by atoms with Crippen LogP contribution in [0.4, 0.5) is 11.4 Å². The molecule has 0 aromatic heterocycles. The molecule has 1 amide bonds. The fourth-order valence-electron chi connectivity index (χ4n) is 2.67. The van der Waals surface area contributed by atoms with Crippen LogP contribution < -0.4 is 5.32 Å². The summed E-state index contributed by atoms with van der Waals surface area (Å²) in [5.74, 6) is -0.781. The van der Waals surface area contributed by atoms with Crippen molar-refractivity contribution >= 4 is 28.9 Å². The zero-order valence-corrected chi connectivity index (χ0v) is 14.8. The van der Waals surface area contributed by atoms with Gasteiger partial charge in [0.15, 0.2) is 0 Å². The molecule has 0 radical (unpaired) electrons. The Bertz CT molecular complexity index is 1010. The summed E-state index contributed by atoms with van der Waals surface area (Å²) >= 11 is 6.12. The quantitative estimate of drug-likeness (QED) is 0.489. The summed E-state index contributed by atoms with van der Waals surface area (Å²) in [6.07, 6.45) is 0.407. The number of benzene rings is 3. The standard InChI is InChI=1S/C20H15ClN2O4/c21-15-10-14(9-13-5-2-1-3-6-13)19(24)18(11-15)20(25)22-16-7-4-8-17(12-16)23(26)27/h1-8,10-12,24H,9H2,(H,22,25). The first kappa shape index (κ1) is 18.4. The predicted octanol–water partition coefficient (Wildman–Crippen LogP) is 4.80. The van der Waals surface area contributed by atoms with E-state index < -0.39 is 10.8 Å². The zero-order valence-electron chi connectivity index (χ0n) is 14.1. The van der Waals surface area contributed by atoms with Crippen molar-refractivity contribution in [2.45, 2.75) is 6.42 Å². The number of hydrogen-bond donors (Lipinski definition) is 2. The van der Waals surface area contributed by atoms with E-state index in [1.807, 2.05) is 30.3 Å². The number of nitrogens with one attached hydrogen (secondary N) is 1. The molecule has 0 unspecified atom stereocenters. The Kier molecular flexibility index (Phi) is 5.38. The summed E-state index contributed by atoms with van der Waals surface area (Å²) in [6, 6.07) is 18.0. The lowest BCUT2D eigenvalue weighted by molar-refractivity contribution is -0.384. The summed E-state index contributed by atoms with van der Waals surface area (Å²) in [5.41, 5.74) is 1.57. The zero-order chi connectivity index (χ0) is 19.4. The molecule has 0 saturated heterocycles. The van der Waals surface area contributed by atoms with Gasteiger partial charge in [0.1, 0.15) is 5.75 Å². The second-order valence-electron chi connectivity index (χ2n) is 5.89. The Balaban J connectivity index is 1.88. The number of nitro benzene ring substituents is 1. The van der Waals surface area contributed by atoms with Crippen molar-refractivity contribution in [2.75, 3.05) is 5.32 Å². The molecule has 0 aliphatic rings. The Morgan fingerprint density at radius 3 is 2.52 bits per heavy atom. The van der Waals surface area contributed by atoms with Gasteiger partial charge in [-0.2, -0.15) is 0 Å². The van der Waals surface area contributed by atoms with Crippen LogP contribution in [0.25, 0.3) is 0 Å². The summed E-state index contributed by atoms with van der Waals surface area (Å²) in [6.45, 7) is 0. The molecule has 27 heavy (non-hydrogen) atoms. The highest BCUT2D eigenvalue weighted by Gasteiger charge is 2.17. The van der Waals surface area contributed by atoms with Gasteiger partial charge in [0.25, 0.3) is 11.6 Å². The van der Waals surface area contributed by atoms with Gasteiger partial charge in [-0.05, 0) is 23.8 Å². The van der Waals surface area contributed by atoms with E-state index in [0.29, 0.717) is 17.0 Å². The molecule has 3 aromatic carbocycles. The summed E-state index contributed by atoms with van der Waals surface area (Å²) in [4.78, 5) is 22.9. The van der Waals surface area contributed by atoms with Crippen molar-refractivity contribution in [3.8, 4) is 5.75 Å². The van der Waals surface area contributed by atoms with Crippen LogP contribution in [0.1, 0.15) is 21.5 Å². The smallest absolute Gasteiger partial charge is 0.271 e. The van der Waals surface area contributed by atoms with Crippen molar-refractivity contribution < 1.29 is 14.8 Å². The lowest BCUT2D eigenvalue weighted by Crippen LogP contribution is -2.13. The maximum absolute atomic E-state index is 12.6. The highest BCUT2D eigenvalue weighted by atomic mass is 35.5. The first-order valence-corrected chi connectivity index (χ1v) is 8.43. The molecule has 2 N–H and O–H groups in total. The molecule has 0 atom stereocenters. The third kappa shape index (κ3) is 4.43. The summed E-state index contributed by atoms with van der Waals surface area (Å²) < 4.78 is 0. The highest BCUT2D eigenvalue weighted by Crippen LogP contribution is 2.30. The Morgan fingerprint density at radius 1 is 1.07 bits per heavy atom. The van der Waals surface area contributed by atoms with Crippen LogP contribution in [-0.4, -0.2) is 15.9 Å². The van der Waals surface area contributed by atoms with Gasteiger partial charge in [-0.25, -0.2) is 0 Å². The number of nitro groups is 1. The number of nitrogens with zero attached hydrogens (tertiary/aromatic N) is 1. The molecule has 0 bridgehead atoms. The van der Waals surface area contributed by atoms with Crippen LogP contribution in [0, 0.1) is 10.1 Å². The van der Waals surface area contributed by atoms with E-state index in [9.17, 15) is 20.0 Å². The number of rotatable bonds is 5. The van der Waals surface area contributed by atoms with Gasteiger partial charge in [-0.15, -0.1) is 0 Å². The predicted molar refractivity (Wildman–Crippen MR) is 103 cm³/mol. The lowest BCUT2D eigenvalue weighted by atomic mass is 10.0. The van der Waals surface area contributed by atoms with Gasteiger partial charge < -0.3 is 10.4 Å². The van der Waals surface area contributed by atoms with Crippen LogP contribution in [-0.2, 0) is 6.42 Å². The average Bonchev–Trinajstić information content (AvgIpc) is 2.65. The van der Waals surface area contributed by atoms with E-state index in [2.05, 4.69) is 5.32 Å². The number of amides is 1. The molecule has 3 rings (SSSR count). The third-order valence-electron chi connectivity index (χ3n) is 3.95. The fourth-order valence-corrected chi connectivity index (χ4v) is 2.92. The maximum Gasteiger partial charge on any atom is 0.271 e. The molecule has 0 spiro atoms. The van der Waals surface area contributed by atoms with Gasteiger partial charge in [0.2, 0.25) is 0 Å². The van der Waals surface area contributed by atoms with E-state index in [1.54, 1.807) is 6.07 Å². The minimum atomic E-state index is -0.607. The molecular weight excluding hydrogens is 368 g/mol. The average molecular weight is 383 g/mol. The normalized spacial score (nSPS) is 10.4. The van der Waals surface area contributed by atoms with E-state index in [0.717, 1.165) is 5.56 Å². The Morgan fingerprint density at radius 2 is 1.81 bits per heavy atom. The number of anilines is 1. The van der Waals surface area contributed by atoms with Crippen LogP contribution in [0.3, 0.4) is 0 Å². The number of carbonyl (C=O) groups excluding carboxylic acids is 1. The van der Waals surface area contributed by atoms with Crippen molar-refractivity contribution in [2.24, 2.45) is 0 Å². The molecular formula is C20H15ClN2O4. The summed E-state index contributed by atoms with van der Waals surface area (Å²) in [5, 5.41) is 24.3. The van der Waals surface area contributed by atoms with Crippen LogP contribution in [0.15, 0.2) is 66.7 Å².